The molecule has 0 aliphatic carbocycles. The normalized spacial score (nSPS) is 16.8. The van der Waals surface area contributed by atoms with Gasteiger partial charge in [-0.1, -0.05) is 42.3 Å². The fraction of sp³-hybridized carbons (Fsp3) is 0.429. The van der Waals surface area contributed by atoms with Crippen LogP contribution in [0.5, 0.6) is 0 Å². The van der Waals surface area contributed by atoms with Crippen LogP contribution >= 0.6 is 0 Å². The van der Waals surface area contributed by atoms with Crippen LogP contribution in [0.4, 0.5) is 5.69 Å². The minimum absolute atomic E-state index is 0.0385. The van der Waals surface area contributed by atoms with Crippen molar-refractivity contribution in [1.82, 2.24) is 4.90 Å². The average Bonchev–Trinajstić information content (AvgIpc) is 2.68. The first-order valence-electron chi connectivity index (χ1n) is 9.52. The number of sulfonamides is 1. The third kappa shape index (κ3) is 5.09. The molecule has 1 fully saturated rings. The highest BCUT2D eigenvalue weighted by molar-refractivity contribution is 7.92. The van der Waals surface area contributed by atoms with E-state index < -0.39 is 16.1 Å². The zero-order valence-electron chi connectivity index (χ0n) is 15.8. The lowest BCUT2D eigenvalue weighted by atomic mass is 10.1. The summed E-state index contributed by atoms with van der Waals surface area (Å²) in [6.45, 7) is 4.43. The first-order chi connectivity index (χ1) is 13.0. The van der Waals surface area contributed by atoms with Gasteiger partial charge in [0.05, 0.1) is 23.2 Å². The van der Waals surface area contributed by atoms with E-state index in [9.17, 15) is 13.5 Å². The summed E-state index contributed by atoms with van der Waals surface area (Å²) in [5.41, 5.74) is 1.63. The van der Waals surface area contributed by atoms with Crippen LogP contribution in [0.1, 0.15) is 24.8 Å². The van der Waals surface area contributed by atoms with E-state index in [1.807, 2.05) is 19.1 Å². The van der Waals surface area contributed by atoms with Crippen molar-refractivity contribution in [3.05, 3.63) is 60.2 Å². The van der Waals surface area contributed by atoms with Gasteiger partial charge in [-0.2, -0.15) is 0 Å². The number of nitrogens with zero attached hydrogens (tertiary/aromatic N) is 2. The molecule has 6 heteroatoms. The second-order valence-corrected chi connectivity index (χ2v) is 9.06. The van der Waals surface area contributed by atoms with Gasteiger partial charge in [0.1, 0.15) is 0 Å². The van der Waals surface area contributed by atoms with Crippen LogP contribution in [-0.4, -0.2) is 50.7 Å². The van der Waals surface area contributed by atoms with E-state index in [0.717, 1.165) is 31.5 Å². The standard InChI is InChI=1S/C21H28N2O3S/c1-18-10-12-19(13-11-18)23(27(25,26)21-8-4-2-5-9-21)17-20(24)16-22-14-6-3-7-15-22/h2,4-5,8-13,20,24H,3,6-7,14-17H2,1H3/t20-/m1/s1. The summed E-state index contributed by atoms with van der Waals surface area (Å²) in [4.78, 5) is 2.45. The number of aryl methyl sites for hydroxylation is 1. The van der Waals surface area contributed by atoms with Crippen LogP contribution in [0.25, 0.3) is 0 Å². The summed E-state index contributed by atoms with van der Waals surface area (Å²) in [5, 5.41) is 10.7. The molecule has 1 atom stereocenters. The predicted molar refractivity (Wildman–Crippen MR) is 108 cm³/mol. The number of piperidine rings is 1. The molecule has 27 heavy (non-hydrogen) atoms. The number of likely N-dealkylation sites (tertiary alicyclic amines) is 1. The van der Waals surface area contributed by atoms with Crippen LogP contribution < -0.4 is 4.31 Å². The first kappa shape index (κ1) is 19.9. The number of rotatable bonds is 7. The van der Waals surface area contributed by atoms with E-state index >= 15 is 0 Å². The molecular formula is C21H28N2O3S. The second kappa shape index (κ2) is 8.87. The third-order valence-electron chi connectivity index (χ3n) is 4.95. The lowest BCUT2D eigenvalue weighted by Gasteiger charge is -2.31. The fourth-order valence-corrected chi connectivity index (χ4v) is 4.99. The summed E-state index contributed by atoms with van der Waals surface area (Å²) in [6, 6.07) is 15.8. The molecule has 1 heterocycles. The maximum atomic E-state index is 13.2. The minimum atomic E-state index is -3.75. The summed E-state index contributed by atoms with van der Waals surface area (Å²) in [7, 11) is -3.75. The highest BCUT2D eigenvalue weighted by atomic mass is 32.2. The maximum absolute atomic E-state index is 13.2. The van der Waals surface area contributed by atoms with Crippen LogP contribution in [-0.2, 0) is 10.0 Å². The zero-order chi connectivity index (χ0) is 19.3. The van der Waals surface area contributed by atoms with Crippen molar-refractivity contribution in [2.75, 3.05) is 30.5 Å². The Hall–Kier alpha value is -1.89. The Morgan fingerprint density at radius 3 is 2.26 bits per heavy atom. The number of benzene rings is 2. The second-order valence-electron chi connectivity index (χ2n) is 7.20. The molecule has 1 aliphatic rings. The van der Waals surface area contributed by atoms with Gasteiger partial charge in [-0.25, -0.2) is 8.42 Å². The fourth-order valence-electron chi connectivity index (χ4n) is 3.46. The molecule has 0 aromatic heterocycles. The van der Waals surface area contributed by atoms with Gasteiger partial charge in [0.15, 0.2) is 0 Å². The van der Waals surface area contributed by atoms with Crippen LogP contribution in [0.3, 0.4) is 0 Å². The number of aliphatic hydroxyl groups is 1. The molecule has 0 amide bonds. The van der Waals surface area contributed by atoms with E-state index in [4.69, 9.17) is 0 Å². The summed E-state index contributed by atoms with van der Waals surface area (Å²) < 4.78 is 27.8. The van der Waals surface area contributed by atoms with Crippen LogP contribution in [0.2, 0.25) is 0 Å². The van der Waals surface area contributed by atoms with E-state index in [-0.39, 0.29) is 11.4 Å². The average molecular weight is 389 g/mol. The SMILES string of the molecule is Cc1ccc(N(C[C@H](O)CN2CCCCC2)S(=O)(=O)c2ccccc2)cc1. The molecule has 1 saturated heterocycles. The van der Waals surface area contributed by atoms with Crippen LogP contribution in [0.15, 0.2) is 59.5 Å². The van der Waals surface area contributed by atoms with E-state index in [1.54, 1.807) is 42.5 Å². The Balaban J connectivity index is 1.84. The van der Waals surface area contributed by atoms with Gasteiger partial charge < -0.3 is 10.0 Å². The van der Waals surface area contributed by atoms with Crippen molar-refractivity contribution < 1.29 is 13.5 Å². The Bertz CT molecular complexity index is 816. The Kier molecular flexibility index (Phi) is 6.52. The number of hydrogen-bond acceptors (Lipinski definition) is 4. The molecule has 146 valence electrons. The molecule has 0 unspecified atom stereocenters. The van der Waals surface area contributed by atoms with Gasteiger partial charge in [0, 0.05) is 6.54 Å². The molecular weight excluding hydrogens is 360 g/mol. The minimum Gasteiger partial charge on any atom is -0.390 e. The summed E-state index contributed by atoms with van der Waals surface area (Å²) in [6.07, 6.45) is 2.75. The van der Waals surface area contributed by atoms with Crippen molar-refractivity contribution in [3.63, 3.8) is 0 Å². The molecule has 1 aliphatic heterocycles. The van der Waals surface area contributed by atoms with E-state index in [0.29, 0.717) is 12.2 Å². The summed E-state index contributed by atoms with van der Waals surface area (Å²) in [5.74, 6) is 0. The van der Waals surface area contributed by atoms with Gasteiger partial charge in [0.2, 0.25) is 0 Å². The molecule has 3 rings (SSSR count). The molecule has 0 radical (unpaired) electrons. The number of hydrogen-bond donors (Lipinski definition) is 1. The molecule has 5 nitrogen and oxygen atoms in total. The largest absolute Gasteiger partial charge is 0.390 e. The van der Waals surface area contributed by atoms with Crippen LogP contribution in [0, 0.1) is 6.92 Å². The number of anilines is 1. The Labute approximate surface area is 162 Å². The van der Waals surface area contributed by atoms with E-state index in [1.165, 1.54) is 10.7 Å². The molecule has 2 aromatic rings. The number of β-amino-alcohol motifs (C(OH)–C–C–N with tert-alkyl or cyclic N) is 1. The van der Waals surface area contributed by atoms with Crippen molar-refractivity contribution >= 4 is 15.7 Å². The topological polar surface area (TPSA) is 60.9 Å². The van der Waals surface area contributed by atoms with Crippen molar-refractivity contribution in [3.8, 4) is 0 Å². The van der Waals surface area contributed by atoms with Crippen molar-refractivity contribution in [2.24, 2.45) is 0 Å². The molecule has 1 N–H and O–H groups in total. The molecule has 0 bridgehead atoms. The number of aliphatic hydroxyl groups excluding tert-OH is 1. The van der Waals surface area contributed by atoms with Gasteiger partial charge >= 0.3 is 0 Å². The maximum Gasteiger partial charge on any atom is 0.264 e. The van der Waals surface area contributed by atoms with Gasteiger partial charge in [0.25, 0.3) is 10.0 Å². The highest BCUT2D eigenvalue weighted by Crippen LogP contribution is 2.24. The zero-order valence-corrected chi connectivity index (χ0v) is 16.6. The first-order valence-corrected chi connectivity index (χ1v) is 11.0. The van der Waals surface area contributed by atoms with Crippen molar-refractivity contribution in [1.29, 1.82) is 0 Å². The quantitative estimate of drug-likeness (QED) is 0.792. The highest BCUT2D eigenvalue weighted by Gasteiger charge is 2.28. The third-order valence-corrected chi connectivity index (χ3v) is 6.76. The molecule has 2 aromatic carbocycles. The monoisotopic (exact) mass is 388 g/mol. The Morgan fingerprint density at radius 1 is 1.00 bits per heavy atom. The molecule has 0 spiro atoms. The van der Waals surface area contributed by atoms with E-state index in [2.05, 4.69) is 4.90 Å². The van der Waals surface area contributed by atoms with Gasteiger partial charge in [-0.3, -0.25) is 4.31 Å². The lowest BCUT2D eigenvalue weighted by Crippen LogP contribution is -2.44. The van der Waals surface area contributed by atoms with Crippen molar-refractivity contribution in [2.45, 2.75) is 37.2 Å². The summed E-state index contributed by atoms with van der Waals surface area (Å²) >= 11 is 0. The van der Waals surface area contributed by atoms with Gasteiger partial charge in [-0.15, -0.1) is 0 Å². The Morgan fingerprint density at radius 2 is 1.63 bits per heavy atom. The lowest BCUT2D eigenvalue weighted by molar-refractivity contribution is 0.107. The predicted octanol–water partition coefficient (Wildman–Crippen LogP) is 3.04. The molecule has 0 saturated carbocycles. The smallest absolute Gasteiger partial charge is 0.264 e. The van der Waals surface area contributed by atoms with Gasteiger partial charge in [-0.05, 0) is 57.1 Å².